The summed E-state index contributed by atoms with van der Waals surface area (Å²) in [5, 5.41) is 0. The summed E-state index contributed by atoms with van der Waals surface area (Å²) in [6.07, 6.45) is 3.55. The van der Waals surface area contributed by atoms with E-state index in [0.29, 0.717) is 6.04 Å². The van der Waals surface area contributed by atoms with Gasteiger partial charge >= 0.3 is 6.09 Å². The van der Waals surface area contributed by atoms with E-state index >= 15 is 0 Å². The Kier molecular flexibility index (Phi) is 3.34. The fourth-order valence-corrected chi connectivity index (χ4v) is 2.35. The Morgan fingerprint density at radius 1 is 1.24 bits per heavy atom. The topological polar surface area (TPSA) is 32.8 Å². The molecule has 0 bridgehead atoms. The van der Waals surface area contributed by atoms with Crippen LogP contribution in [0, 0.1) is 0 Å². The zero-order valence-corrected chi connectivity index (χ0v) is 11.4. The lowest BCUT2D eigenvalue weighted by Gasteiger charge is -2.26. The van der Waals surface area contributed by atoms with Gasteiger partial charge in [0.25, 0.3) is 0 Å². The maximum atomic E-state index is 11.9. The normalized spacial score (nSPS) is 25.5. The summed E-state index contributed by atoms with van der Waals surface area (Å²) in [5.74, 6) is 0. The van der Waals surface area contributed by atoms with E-state index in [0.717, 1.165) is 25.6 Å². The van der Waals surface area contributed by atoms with Crippen LogP contribution in [0.25, 0.3) is 0 Å². The average molecular weight is 240 g/mol. The Hall–Kier alpha value is -0.770. The second-order valence-electron chi connectivity index (χ2n) is 6.27. The molecule has 1 unspecified atom stereocenters. The zero-order valence-electron chi connectivity index (χ0n) is 11.4. The lowest BCUT2D eigenvalue weighted by Crippen LogP contribution is -2.39. The second kappa shape index (κ2) is 4.48. The molecule has 0 aromatic heterocycles. The zero-order chi connectivity index (χ0) is 12.6. The molecule has 1 heterocycles. The van der Waals surface area contributed by atoms with E-state index in [4.69, 9.17) is 4.74 Å². The Morgan fingerprint density at radius 3 is 2.41 bits per heavy atom. The third kappa shape index (κ3) is 3.35. The number of carbonyl (C=O) groups excluding carboxylic acids is 1. The van der Waals surface area contributed by atoms with Gasteiger partial charge in [-0.05, 0) is 47.1 Å². The van der Waals surface area contributed by atoms with Crippen molar-refractivity contribution in [3.8, 4) is 0 Å². The van der Waals surface area contributed by atoms with Crippen LogP contribution in [0.5, 0.6) is 0 Å². The fraction of sp³-hybridized carbons (Fsp3) is 0.923. The molecule has 1 aliphatic heterocycles. The van der Waals surface area contributed by atoms with Gasteiger partial charge in [-0.2, -0.15) is 0 Å². The van der Waals surface area contributed by atoms with Crippen LogP contribution in [0.1, 0.15) is 40.0 Å². The Balaban J connectivity index is 1.82. The molecule has 1 saturated carbocycles. The van der Waals surface area contributed by atoms with Crippen LogP contribution in [0.15, 0.2) is 0 Å². The van der Waals surface area contributed by atoms with E-state index in [-0.39, 0.29) is 6.09 Å². The average Bonchev–Trinajstić information content (AvgIpc) is 2.91. The summed E-state index contributed by atoms with van der Waals surface area (Å²) >= 11 is 0. The molecular weight excluding hydrogens is 216 g/mol. The van der Waals surface area contributed by atoms with E-state index < -0.39 is 5.60 Å². The predicted octanol–water partition coefficient (Wildman–Crippen LogP) is 2.09. The molecule has 0 aromatic carbocycles. The molecule has 2 rings (SSSR count). The molecule has 0 spiro atoms. The third-order valence-corrected chi connectivity index (χ3v) is 3.51. The van der Waals surface area contributed by atoms with Crippen molar-refractivity contribution < 1.29 is 9.53 Å². The number of carbonyl (C=O) groups is 1. The van der Waals surface area contributed by atoms with Gasteiger partial charge in [0, 0.05) is 25.2 Å². The number of likely N-dealkylation sites (N-methyl/N-ethyl adjacent to an activating group) is 1. The van der Waals surface area contributed by atoms with Gasteiger partial charge < -0.3 is 9.64 Å². The maximum absolute atomic E-state index is 11.9. The minimum absolute atomic E-state index is 0.163. The van der Waals surface area contributed by atoms with Gasteiger partial charge in [0.15, 0.2) is 0 Å². The van der Waals surface area contributed by atoms with E-state index in [1.165, 1.54) is 12.8 Å². The van der Waals surface area contributed by atoms with Crippen molar-refractivity contribution in [2.24, 2.45) is 0 Å². The van der Waals surface area contributed by atoms with Crippen LogP contribution >= 0.6 is 0 Å². The van der Waals surface area contributed by atoms with Crippen LogP contribution in [-0.4, -0.2) is 53.7 Å². The van der Waals surface area contributed by atoms with Gasteiger partial charge in [-0.25, -0.2) is 4.79 Å². The predicted molar refractivity (Wildman–Crippen MR) is 67.0 cm³/mol. The first-order chi connectivity index (χ1) is 7.87. The Labute approximate surface area is 104 Å². The first-order valence-corrected chi connectivity index (χ1v) is 6.57. The molecule has 1 aliphatic carbocycles. The lowest BCUT2D eigenvalue weighted by atomic mass is 10.2. The van der Waals surface area contributed by atoms with Crippen LogP contribution < -0.4 is 0 Å². The summed E-state index contributed by atoms with van der Waals surface area (Å²) in [6, 6.07) is 1.29. The molecule has 4 nitrogen and oxygen atoms in total. The van der Waals surface area contributed by atoms with Gasteiger partial charge in [-0.15, -0.1) is 0 Å². The van der Waals surface area contributed by atoms with Crippen molar-refractivity contribution in [2.45, 2.75) is 57.7 Å². The van der Waals surface area contributed by atoms with Gasteiger partial charge in [0.2, 0.25) is 0 Å². The standard InChI is InChI=1S/C13H24N2O2/c1-13(2,3)17-12(16)15-8-7-11(9-15)14(4)10-5-6-10/h10-11H,5-9H2,1-4H3. The van der Waals surface area contributed by atoms with Crippen LogP contribution in [0.2, 0.25) is 0 Å². The summed E-state index contributed by atoms with van der Waals surface area (Å²) in [7, 11) is 2.18. The van der Waals surface area contributed by atoms with Crippen molar-refractivity contribution in [3.63, 3.8) is 0 Å². The molecule has 4 heteroatoms. The van der Waals surface area contributed by atoms with Crippen molar-refractivity contribution in [1.82, 2.24) is 9.80 Å². The van der Waals surface area contributed by atoms with Crippen molar-refractivity contribution in [3.05, 3.63) is 0 Å². The molecule has 2 fully saturated rings. The number of nitrogens with zero attached hydrogens (tertiary/aromatic N) is 2. The summed E-state index contributed by atoms with van der Waals surface area (Å²) in [6.45, 7) is 7.39. The molecule has 1 atom stereocenters. The monoisotopic (exact) mass is 240 g/mol. The number of likely N-dealkylation sites (tertiary alicyclic amines) is 1. The molecule has 1 saturated heterocycles. The first-order valence-electron chi connectivity index (χ1n) is 6.57. The highest BCUT2D eigenvalue weighted by atomic mass is 16.6. The van der Waals surface area contributed by atoms with E-state index in [9.17, 15) is 4.79 Å². The number of rotatable bonds is 2. The van der Waals surface area contributed by atoms with E-state index in [1.807, 2.05) is 25.7 Å². The van der Waals surface area contributed by atoms with Crippen LogP contribution in [0.3, 0.4) is 0 Å². The lowest BCUT2D eigenvalue weighted by molar-refractivity contribution is 0.0282. The minimum Gasteiger partial charge on any atom is -0.444 e. The van der Waals surface area contributed by atoms with E-state index in [2.05, 4.69) is 11.9 Å². The van der Waals surface area contributed by atoms with Gasteiger partial charge in [0.05, 0.1) is 0 Å². The van der Waals surface area contributed by atoms with Crippen molar-refractivity contribution in [1.29, 1.82) is 0 Å². The number of hydrogen-bond acceptors (Lipinski definition) is 3. The van der Waals surface area contributed by atoms with E-state index in [1.54, 1.807) is 0 Å². The summed E-state index contributed by atoms with van der Waals surface area (Å²) < 4.78 is 5.39. The molecule has 98 valence electrons. The smallest absolute Gasteiger partial charge is 0.410 e. The number of hydrogen-bond donors (Lipinski definition) is 0. The van der Waals surface area contributed by atoms with Crippen molar-refractivity contribution in [2.75, 3.05) is 20.1 Å². The Morgan fingerprint density at radius 2 is 1.88 bits per heavy atom. The molecule has 1 amide bonds. The highest BCUT2D eigenvalue weighted by Crippen LogP contribution is 2.30. The minimum atomic E-state index is -0.391. The maximum Gasteiger partial charge on any atom is 0.410 e. The SMILES string of the molecule is CN(C1CC1)C1CCN(C(=O)OC(C)(C)C)C1. The van der Waals surface area contributed by atoms with Gasteiger partial charge in [0.1, 0.15) is 5.60 Å². The molecule has 17 heavy (non-hydrogen) atoms. The molecule has 2 aliphatic rings. The second-order valence-corrected chi connectivity index (χ2v) is 6.27. The fourth-order valence-electron chi connectivity index (χ4n) is 2.35. The quantitative estimate of drug-likeness (QED) is 0.741. The largest absolute Gasteiger partial charge is 0.444 e. The number of amides is 1. The van der Waals surface area contributed by atoms with Gasteiger partial charge in [-0.3, -0.25) is 4.90 Å². The van der Waals surface area contributed by atoms with Crippen LogP contribution in [0.4, 0.5) is 4.79 Å². The molecule has 0 N–H and O–H groups in total. The summed E-state index contributed by atoms with van der Waals surface area (Å²) in [4.78, 5) is 16.2. The first kappa shape index (κ1) is 12.7. The highest BCUT2D eigenvalue weighted by Gasteiger charge is 2.36. The Bertz CT molecular complexity index is 294. The third-order valence-electron chi connectivity index (χ3n) is 3.51. The molecular formula is C13H24N2O2. The highest BCUT2D eigenvalue weighted by molar-refractivity contribution is 5.68. The van der Waals surface area contributed by atoms with Crippen molar-refractivity contribution >= 4 is 6.09 Å². The van der Waals surface area contributed by atoms with Crippen LogP contribution in [-0.2, 0) is 4.74 Å². The molecule has 0 aromatic rings. The van der Waals surface area contributed by atoms with Gasteiger partial charge in [-0.1, -0.05) is 0 Å². The number of ether oxygens (including phenoxy) is 1. The molecule has 0 radical (unpaired) electrons. The summed E-state index contributed by atoms with van der Waals surface area (Å²) in [5.41, 5.74) is -0.391.